The summed E-state index contributed by atoms with van der Waals surface area (Å²) < 4.78 is 13.7. The highest BCUT2D eigenvalue weighted by Gasteiger charge is 2.25. The molecule has 0 saturated heterocycles. The Kier molecular flexibility index (Phi) is 3.97. The van der Waals surface area contributed by atoms with E-state index in [4.69, 9.17) is 0 Å². The van der Waals surface area contributed by atoms with Crippen LogP contribution in [-0.2, 0) is 6.42 Å². The van der Waals surface area contributed by atoms with Gasteiger partial charge in [0, 0.05) is 18.5 Å². The van der Waals surface area contributed by atoms with E-state index in [0.717, 1.165) is 11.1 Å². The van der Waals surface area contributed by atoms with Gasteiger partial charge in [-0.25, -0.2) is 4.39 Å². The summed E-state index contributed by atoms with van der Waals surface area (Å²) in [5.74, 6) is -0.143. The predicted octanol–water partition coefficient (Wildman–Crippen LogP) is 2.60. The van der Waals surface area contributed by atoms with Crippen LogP contribution in [0.3, 0.4) is 0 Å². The molecule has 0 aliphatic carbocycles. The van der Waals surface area contributed by atoms with Gasteiger partial charge in [0.25, 0.3) is 5.91 Å². The van der Waals surface area contributed by atoms with Crippen molar-refractivity contribution in [2.45, 2.75) is 18.8 Å². The summed E-state index contributed by atoms with van der Waals surface area (Å²) in [6, 6.07) is 16.6. The maximum Gasteiger partial charge on any atom is 0.251 e. The van der Waals surface area contributed by atoms with Crippen molar-refractivity contribution < 1.29 is 9.18 Å². The monoisotopic (exact) mass is 284 g/mol. The molecular weight excluding hydrogens is 267 g/mol. The molecule has 0 bridgehead atoms. The molecule has 2 aromatic carbocycles. The van der Waals surface area contributed by atoms with Gasteiger partial charge in [0.05, 0.1) is 6.04 Å². The number of carbonyl (C=O) groups excluding carboxylic acids is 1. The summed E-state index contributed by atoms with van der Waals surface area (Å²) in [5.41, 5.74) is 2.67. The van der Waals surface area contributed by atoms with E-state index in [0.29, 0.717) is 18.5 Å². The van der Waals surface area contributed by atoms with Crippen molar-refractivity contribution in [2.75, 3.05) is 6.54 Å². The summed E-state index contributed by atoms with van der Waals surface area (Å²) in [4.78, 5) is 12.0. The van der Waals surface area contributed by atoms with Crippen LogP contribution in [0.4, 0.5) is 4.39 Å². The van der Waals surface area contributed by atoms with Gasteiger partial charge in [-0.2, -0.15) is 0 Å². The molecule has 1 heterocycles. The number of rotatable bonds is 3. The molecule has 1 amide bonds. The molecule has 2 unspecified atom stereocenters. The molecule has 0 aromatic heterocycles. The van der Waals surface area contributed by atoms with Crippen molar-refractivity contribution in [1.29, 1.82) is 0 Å². The Bertz CT molecular complexity index is 630. The molecule has 2 N–H and O–H groups in total. The van der Waals surface area contributed by atoms with Gasteiger partial charge in [0.15, 0.2) is 6.30 Å². The average molecular weight is 284 g/mol. The molecule has 3 nitrogen and oxygen atoms in total. The Hall–Kier alpha value is -2.20. The van der Waals surface area contributed by atoms with Crippen LogP contribution in [0.2, 0.25) is 0 Å². The molecule has 4 heteroatoms. The third-order valence-corrected chi connectivity index (χ3v) is 3.71. The third-order valence-electron chi connectivity index (χ3n) is 3.71. The number of hydrogen-bond donors (Lipinski definition) is 2. The van der Waals surface area contributed by atoms with Gasteiger partial charge >= 0.3 is 0 Å². The molecule has 2 atom stereocenters. The van der Waals surface area contributed by atoms with Gasteiger partial charge in [-0.05, 0) is 23.3 Å². The Morgan fingerprint density at radius 3 is 2.67 bits per heavy atom. The van der Waals surface area contributed by atoms with Gasteiger partial charge in [-0.1, -0.05) is 42.5 Å². The van der Waals surface area contributed by atoms with Gasteiger partial charge < -0.3 is 5.32 Å². The lowest BCUT2D eigenvalue weighted by Crippen LogP contribution is -2.42. The topological polar surface area (TPSA) is 41.1 Å². The van der Waals surface area contributed by atoms with Crippen LogP contribution in [-0.4, -0.2) is 18.7 Å². The summed E-state index contributed by atoms with van der Waals surface area (Å²) in [6.45, 7) is 0.366. The van der Waals surface area contributed by atoms with Gasteiger partial charge in [-0.15, -0.1) is 0 Å². The van der Waals surface area contributed by atoms with E-state index < -0.39 is 6.30 Å². The highest BCUT2D eigenvalue weighted by Crippen LogP contribution is 2.25. The molecular formula is C17H17FN2O. The van der Waals surface area contributed by atoms with E-state index >= 15 is 0 Å². The fraction of sp³-hybridized carbons (Fsp3) is 0.235. The highest BCUT2D eigenvalue weighted by molar-refractivity contribution is 5.94. The normalized spacial score (nSPS) is 20.6. The van der Waals surface area contributed by atoms with Crippen molar-refractivity contribution in [1.82, 2.24) is 10.6 Å². The minimum absolute atomic E-state index is 0.143. The Morgan fingerprint density at radius 2 is 1.86 bits per heavy atom. The van der Waals surface area contributed by atoms with Crippen LogP contribution in [0, 0.1) is 0 Å². The first kappa shape index (κ1) is 13.8. The largest absolute Gasteiger partial charge is 0.350 e. The summed E-state index contributed by atoms with van der Waals surface area (Å²) in [7, 11) is 0. The SMILES string of the molecule is O=C(NCC1NC(F)Cc2ccccc21)c1ccccc1. The Balaban J connectivity index is 1.70. The van der Waals surface area contributed by atoms with E-state index in [1.54, 1.807) is 12.1 Å². The zero-order valence-electron chi connectivity index (χ0n) is 11.6. The summed E-state index contributed by atoms with van der Waals surface area (Å²) in [5, 5.41) is 5.76. The van der Waals surface area contributed by atoms with Crippen LogP contribution in [0.5, 0.6) is 0 Å². The molecule has 1 aliphatic rings. The first-order valence-electron chi connectivity index (χ1n) is 7.05. The predicted molar refractivity (Wildman–Crippen MR) is 79.7 cm³/mol. The lowest BCUT2D eigenvalue weighted by molar-refractivity contribution is 0.0944. The second-order valence-electron chi connectivity index (χ2n) is 5.17. The molecule has 21 heavy (non-hydrogen) atoms. The van der Waals surface area contributed by atoms with Gasteiger partial charge in [0.2, 0.25) is 0 Å². The second kappa shape index (κ2) is 6.06. The highest BCUT2D eigenvalue weighted by atomic mass is 19.1. The fourth-order valence-corrected chi connectivity index (χ4v) is 2.68. The van der Waals surface area contributed by atoms with Crippen LogP contribution in [0.25, 0.3) is 0 Å². The molecule has 0 spiro atoms. The standard InChI is InChI=1S/C17H17FN2O/c18-16-10-13-8-4-5-9-14(13)15(20-16)11-19-17(21)12-6-2-1-3-7-12/h1-9,15-16,20H,10-11H2,(H,19,21). The van der Waals surface area contributed by atoms with E-state index in [9.17, 15) is 9.18 Å². The second-order valence-corrected chi connectivity index (χ2v) is 5.17. The van der Waals surface area contributed by atoms with Crippen LogP contribution < -0.4 is 10.6 Å². The lowest BCUT2D eigenvalue weighted by Gasteiger charge is -2.29. The summed E-state index contributed by atoms with van der Waals surface area (Å²) >= 11 is 0. The Labute approximate surface area is 123 Å². The number of hydrogen-bond acceptors (Lipinski definition) is 2. The Morgan fingerprint density at radius 1 is 1.14 bits per heavy atom. The number of nitrogens with one attached hydrogen (secondary N) is 2. The average Bonchev–Trinajstić information content (AvgIpc) is 2.53. The maximum absolute atomic E-state index is 13.7. The zero-order chi connectivity index (χ0) is 14.7. The van der Waals surface area contributed by atoms with Crippen molar-refractivity contribution >= 4 is 5.91 Å². The molecule has 1 aliphatic heterocycles. The molecule has 3 rings (SSSR count). The number of fused-ring (bicyclic) bond motifs is 1. The third kappa shape index (κ3) is 3.11. The lowest BCUT2D eigenvalue weighted by atomic mass is 9.94. The number of carbonyl (C=O) groups is 1. The quantitative estimate of drug-likeness (QED) is 0.851. The molecule has 0 saturated carbocycles. The van der Waals surface area contributed by atoms with Crippen molar-refractivity contribution in [3.05, 3.63) is 71.3 Å². The van der Waals surface area contributed by atoms with E-state index in [2.05, 4.69) is 10.6 Å². The number of amides is 1. The first-order chi connectivity index (χ1) is 10.2. The number of halogens is 1. The van der Waals surface area contributed by atoms with E-state index in [1.165, 1.54) is 0 Å². The maximum atomic E-state index is 13.7. The minimum Gasteiger partial charge on any atom is -0.350 e. The van der Waals surface area contributed by atoms with E-state index in [1.807, 2.05) is 42.5 Å². The van der Waals surface area contributed by atoms with Crippen molar-refractivity contribution in [2.24, 2.45) is 0 Å². The molecule has 0 fully saturated rings. The molecule has 0 radical (unpaired) electrons. The van der Waals surface area contributed by atoms with E-state index in [-0.39, 0.29) is 11.9 Å². The minimum atomic E-state index is -1.07. The van der Waals surface area contributed by atoms with Crippen molar-refractivity contribution in [3.8, 4) is 0 Å². The molecule has 108 valence electrons. The smallest absolute Gasteiger partial charge is 0.251 e. The van der Waals surface area contributed by atoms with Gasteiger partial charge in [0.1, 0.15) is 0 Å². The fourth-order valence-electron chi connectivity index (χ4n) is 2.68. The van der Waals surface area contributed by atoms with Crippen LogP contribution in [0.15, 0.2) is 54.6 Å². The first-order valence-corrected chi connectivity index (χ1v) is 7.05. The van der Waals surface area contributed by atoms with Crippen LogP contribution >= 0.6 is 0 Å². The number of alkyl halides is 1. The zero-order valence-corrected chi connectivity index (χ0v) is 11.6. The molecule has 2 aromatic rings. The van der Waals surface area contributed by atoms with Crippen LogP contribution in [0.1, 0.15) is 27.5 Å². The summed E-state index contributed by atoms with van der Waals surface area (Å²) in [6.07, 6.45) is -0.696. The van der Waals surface area contributed by atoms with Gasteiger partial charge in [-0.3, -0.25) is 10.1 Å². The van der Waals surface area contributed by atoms with Crippen molar-refractivity contribution in [3.63, 3.8) is 0 Å². The number of benzene rings is 2.